The van der Waals surface area contributed by atoms with E-state index >= 15 is 0 Å². The number of hydrogen-bond donors (Lipinski definition) is 2. The lowest BCUT2D eigenvalue weighted by molar-refractivity contribution is 0.0513. The lowest BCUT2D eigenvalue weighted by atomic mass is 10.1. The Hall–Kier alpha value is -1.95. The van der Waals surface area contributed by atoms with Crippen LogP contribution in [0.2, 0.25) is 5.02 Å². The topological polar surface area (TPSA) is 76.7 Å². The van der Waals surface area contributed by atoms with E-state index < -0.39 is 23.4 Å². The molecule has 0 aliphatic carbocycles. The predicted molar refractivity (Wildman–Crippen MR) is 97.6 cm³/mol. The molecule has 1 aromatic rings. The SMILES string of the molecule is CC(C)(C)OC(=O)NCc1cc(Cl)cc(CNC(=O)OC(C)(C)C)c1. The van der Waals surface area contributed by atoms with Gasteiger partial charge in [-0.3, -0.25) is 0 Å². The van der Waals surface area contributed by atoms with Gasteiger partial charge in [0.25, 0.3) is 0 Å². The van der Waals surface area contributed by atoms with Crippen LogP contribution in [0.3, 0.4) is 0 Å². The van der Waals surface area contributed by atoms with Gasteiger partial charge in [-0.05, 0) is 64.8 Å². The standard InChI is InChI=1S/C18H27ClN2O4/c1-17(2,3)24-15(22)20-10-12-7-13(9-14(19)8-12)11-21-16(23)25-18(4,5)6/h7-9H,10-11H2,1-6H3,(H,20,22)(H,21,23). The molecule has 2 amide bonds. The number of hydrogen-bond acceptors (Lipinski definition) is 4. The maximum absolute atomic E-state index is 11.7. The highest BCUT2D eigenvalue weighted by atomic mass is 35.5. The molecular weight excluding hydrogens is 344 g/mol. The van der Waals surface area contributed by atoms with Gasteiger partial charge in [0.1, 0.15) is 11.2 Å². The summed E-state index contributed by atoms with van der Waals surface area (Å²) in [5, 5.41) is 5.87. The number of benzene rings is 1. The first-order chi connectivity index (χ1) is 11.3. The number of nitrogens with one attached hydrogen (secondary N) is 2. The molecule has 2 N–H and O–H groups in total. The largest absolute Gasteiger partial charge is 0.444 e. The smallest absolute Gasteiger partial charge is 0.407 e. The quantitative estimate of drug-likeness (QED) is 0.824. The summed E-state index contributed by atoms with van der Waals surface area (Å²) in [6.45, 7) is 11.3. The highest BCUT2D eigenvalue weighted by molar-refractivity contribution is 6.30. The molecule has 0 saturated heterocycles. The molecule has 1 aromatic carbocycles. The summed E-state index contributed by atoms with van der Waals surface area (Å²) in [6, 6.07) is 5.34. The van der Waals surface area contributed by atoms with Crippen LogP contribution in [0.1, 0.15) is 52.7 Å². The van der Waals surface area contributed by atoms with Crippen molar-refractivity contribution >= 4 is 23.8 Å². The third-order valence-electron chi connectivity index (χ3n) is 2.69. The van der Waals surface area contributed by atoms with Crippen LogP contribution in [0.4, 0.5) is 9.59 Å². The lowest BCUT2D eigenvalue weighted by Crippen LogP contribution is -2.32. The zero-order valence-corrected chi connectivity index (χ0v) is 16.4. The molecule has 0 spiro atoms. The van der Waals surface area contributed by atoms with Crippen LogP contribution in [-0.4, -0.2) is 23.4 Å². The van der Waals surface area contributed by atoms with Crippen molar-refractivity contribution in [2.24, 2.45) is 0 Å². The second kappa shape index (κ2) is 8.43. The fourth-order valence-corrected chi connectivity index (χ4v) is 2.18. The lowest BCUT2D eigenvalue weighted by Gasteiger charge is -2.20. The van der Waals surface area contributed by atoms with E-state index in [-0.39, 0.29) is 13.1 Å². The number of carbonyl (C=O) groups excluding carboxylic acids is 2. The number of carbonyl (C=O) groups is 2. The Balaban J connectivity index is 2.61. The van der Waals surface area contributed by atoms with Crippen molar-refractivity contribution < 1.29 is 19.1 Å². The van der Waals surface area contributed by atoms with Crippen LogP contribution in [0.15, 0.2) is 18.2 Å². The van der Waals surface area contributed by atoms with Crippen molar-refractivity contribution in [3.8, 4) is 0 Å². The van der Waals surface area contributed by atoms with Crippen LogP contribution in [0.25, 0.3) is 0 Å². The molecule has 0 atom stereocenters. The van der Waals surface area contributed by atoms with Crippen LogP contribution >= 0.6 is 11.6 Å². The third-order valence-corrected chi connectivity index (χ3v) is 2.91. The van der Waals surface area contributed by atoms with E-state index in [1.165, 1.54) is 0 Å². The molecule has 140 valence electrons. The minimum atomic E-state index is -0.555. The molecule has 0 aliphatic heterocycles. The second-order valence-electron chi connectivity index (χ2n) is 7.68. The summed E-state index contributed by atoms with van der Waals surface area (Å²) >= 11 is 6.11. The minimum absolute atomic E-state index is 0.273. The Labute approximate surface area is 154 Å². The number of alkyl carbamates (subject to hydrolysis) is 2. The Kier molecular flexibility index (Phi) is 7.11. The monoisotopic (exact) mass is 370 g/mol. The van der Waals surface area contributed by atoms with Crippen molar-refractivity contribution in [1.82, 2.24) is 10.6 Å². The Morgan fingerprint density at radius 3 is 1.52 bits per heavy atom. The molecule has 0 aromatic heterocycles. The predicted octanol–water partition coefficient (Wildman–Crippen LogP) is 4.39. The average Bonchev–Trinajstić information content (AvgIpc) is 2.39. The Morgan fingerprint density at radius 1 is 0.840 bits per heavy atom. The summed E-state index contributed by atoms with van der Waals surface area (Å²) in [5.74, 6) is 0. The molecule has 0 aliphatic rings. The highest BCUT2D eigenvalue weighted by Crippen LogP contribution is 2.16. The number of rotatable bonds is 4. The van der Waals surface area contributed by atoms with Gasteiger partial charge >= 0.3 is 12.2 Å². The molecule has 0 radical (unpaired) electrons. The normalized spacial score (nSPS) is 11.6. The van der Waals surface area contributed by atoms with Crippen molar-refractivity contribution in [3.05, 3.63) is 34.3 Å². The molecule has 0 saturated carbocycles. The Bertz CT molecular complexity index is 568. The van der Waals surface area contributed by atoms with Gasteiger partial charge in [-0.1, -0.05) is 17.7 Å². The van der Waals surface area contributed by atoms with Gasteiger partial charge in [-0.25, -0.2) is 9.59 Å². The fourth-order valence-electron chi connectivity index (χ4n) is 1.90. The molecule has 0 unspecified atom stereocenters. The molecule has 25 heavy (non-hydrogen) atoms. The van der Waals surface area contributed by atoms with E-state index in [9.17, 15) is 9.59 Å². The van der Waals surface area contributed by atoms with E-state index in [0.717, 1.165) is 11.1 Å². The van der Waals surface area contributed by atoms with Crippen molar-refractivity contribution in [3.63, 3.8) is 0 Å². The first-order valence-electron chi connectivity index (χ1n) is 8.06. The van der Waals surface area contributed by atoms with Gasteiger partial charge in [0.05, 0.1) is 0 Å². The van der Waals surface area contributed by atoms with Crippen molar-refractivity contribution in [2.45, 2.75) is 65.8 Å². The van der Waals surface area contributed by atoms with Crippen molar-refractivity contribution in [1.29, 1.82) is 0 Å². The summed E-state index contributed by atoms with van der Waals surface area (Å²) in [5.41, 5.74) is 0.501. The van der Waals surface area contributed by atoms with Gasteiger partial charge in [0.15, 0.2) is 0 Å². The van der Waals surface area contributed by atoms with E-state index in [2.05, 4.69) is 10.6 Å². The first kappa shape index (κ1) is 21.1. The summed E-state index contributed by atoms with van der Waals surface area (Å²) in [4.78, 5) is 23.4. The van der Waals surface area contributed by atoms with Gasteiger partial charge in [-0.15, -0.1) is 0 Å². The van der Waals surface area contributed by atoms with E-state index in [1.54, 1.807) is 53.7 Å². The van der Waals surface area contributed by atoms with E-state index in [0.29, 0.717) is 5.02 Å². The van der Waals surface area contributed by atoms with Crippen LogP contribution in [0, 0.1) is 0 Å². The second-order valence-corrected chi connectivity index (χ2v) is 8.12. The summed E-state index contributed by atoms with van der Waals surface area (Å²) in [7, 11) is 0. The molecule has 0 bridgehead atoms. The number of halogens is 1. The van der Waals surface area contributed by atoms with Gasteiger partial charge < -0.3 is 20.1 Å². The highest BCUT2D eigenvalue weighted by Gasteiger charge is 2.17. The Morgan fingerprint density at radius 2 is 1.20 bits per heavy atom. The minimum Gasteiger partial charge on any atom is -0.444 e. The fraction of sp³-hybridized carbons (Fsp3) is 0.556. The molecule has 0 fully saturated rings. The molecule has 7 heteroatoms. The average molecular weight is 371 g/mol. The number of ether oxygens (including phenoxy) is 2. The molecule has 6 nitrogen and oxygen atoms in total. The van der Waals surface area contributed by atoms with E-state index in [4.69, 9.17) is 21.1 Å². The van der Waals surface area contributed by atoms with Crippen LogP contribution in [-0.2, 0) is 22.6 Å². The van der Waals surface area contributed by atoms with Gasteiger partial charge in [0.2, 0.25) is 0 Å². The maximum atomic E-state index is 11.7. The molecule has 1 rings (SSSR count). The summed E-state index contributed by atoms with van der Waals surface area (Å²) in [6.07, 6.45) is -0.998. The van der Waals surface area contributed by atoms with Crippen LogP contribution < -0.4 is 10.6 Å². The van der Waals surface area contributed by atoms with Crippen LogP contribution in [0.5, 0.6) is 0 Å². The van der Waals surface area contributed by atoms with Gasteiger partial charge in [-0.2, -0.15) is 0 Å². The first-order valence-corrected chi connectivity index (χ1v) is 8.44. The third kappa shape index (κ3) is 9.82. The zero-order valence-electron chi connectivity index (χ0n) is 15.7. The molecular formula is C18H27ClN2O4. The number of amides is 2. The summed E-state index contributed by atoms with van der Waals surface area (Å²) < 4.78 is 10.4. The van der Waals surface area contributed by atoms with Gasteiger partial charge in [0, 0.05) is 18.1 Å². The maximum Gasteiger partial charge on any atom is 0.407 e. The molecule has 0 heterocycles. The zero-order chi connectivity index (χ0) is 19.3. The van der Waals surface area contributed by atoms with Crippen molar-refractivity contribution in [2.75, 3.05) is 0 Å². The van der Waals surface area contributed by atoms with E-state index in [1.807, 2.05) is 6.07 Å².